The predicted molar refractivity (Wildman–Crippen MR) is 86.1 cm³/mol. The number of ketones is 1. The number of halogens is 1. The average Bonchev–Trinajstić information content (AvgIpc) is 2.75. The molecule has 106 valence electrons. The number of Topliss-reactive ketones (excluding diaryl/α,β-unsaturated/α-hetero) is 1. The Balaban J connectivity index is 1.91. The SMILES string of the molecule is CCCCC1CCC(C(=O)c2sc(C)cc2Br)CC1. The fourth-order valence-electron chi connectivity index (χ4n) is 3.04. The highest BCUT2D eigenvalue weighted by molar-refractivity contribution is 9.10. The molecule has 1 fully saturated rings. The van der Waals surface area contributed by atoms with Crippen molar-refractivity contribution in [1.29, 1.82) is 0 Å². The van der Waals surface area contributed by atoms with Gasteiger partial charge < -0.3 is 0 Å². The van der Waals surface area contributed by atoms with Gasteiger partial charge in [0.2, 0.25) is 0 Å². The van der Waals surface area contributed by atoms with E-state index in [-0.39, 0.29) is 5.92 Å². The number of rotatable bonds is 5. The second kappa shape index (κ2) is 7.03. The molecule has 1 nitrogen and oxygen atoms in total. The Hall–Kier alpha value is -0.150. The standard InChI is InChI=1S/C16H23BrOS/c1-3-4-5-12-6-8-13(9-7-12)15(18)16-14(17)10-11(2)19-16/h10,12-13H,3-9H2,1-2H3. The van der Waals surface area contributed by atoms with Gasteiger partial charge in [0.15, 0.2) is 5.78 Å². The largest absolute Gasteiger partial charge is 0.293 e. The molecule has 1 aromatic rings. The van der Waals surface area contributed by atoms with Crippen molar-refractivity contribution in [3.8, 4) is 0 Å². The van der Waals surface area contributed by atoms with E-state index < -0.39 is 0 Å². The Kier molecular flexibility index (Phi) is 5.64. The summed E-state index contributed by atoms with van der Waals surface area (Å²) >= 11 is 5.15. The molecule has 0 saturated heterocycles. The van der Waals surface area contributed by atoms with Crippen LogP contribution >= 0.6 is 27.3 Å². The molecule has 0 N–H and O–H groups in total. The van der Waals surface area contributed by atoms with Crippen molar-refractivity contribution in [2.24, 2.45) is 11.8 Å². The minimum absolute atomic E-state index is 0.271. The molecule has 0 atom stereocenters. The lowest BCUT2D eigenvalue weighted by atomic mass is 9.78. The lowest BCUT2D eigenvalue weighted by Crippen LogP contribution is -2.21. The second-order valence-corrected chi connectivity index (χ2v) is 7.87. The topological polar surface area (TPSA) is 17.1 Å². The Labute approximate surface area is 128 Å². The van der Waals surface area contributed by atoms with Crippen LogP contribution in [0.1, 0.15) is 66.4 Å². The van der Waals surface area contributed by atoms with Gasteiger partial charge in [0, 0.05) is 15.3 Å². The number of hydrogen-bond acceptors (Lipinski definition) is 2. The molecule has 1 aliphatic rings. The van der Waals surface area contributed by atoms with Crippen LogP contribution in [0.5, 0.6) is 0 Å². The summed E-state index contributed by atoms with van der Waals surface area (Å²) in [5.74, 6) is 1.52. The Bertz CT molecular complexity index is 430. The minimum atomic E-state index is 0.271. The molecule has 2 rings (SSSR count). The average molecular weight is 343 g/mol. The maximum Gasteiger partial charge on any atom is 0.177 e. The van der Waals surface area contributed by atoms with Crippen LogP contribution in [0.2, 0.25) is 0 Å². The van der Waals surface area contributed by atoms with Crippen LogP contribution < -0.4 is 0 Å². The highest BCUT2D eigenvalue weighted by Crippen LogP contribution is 2.36. The molecule has 1 aliphatic carbocycles. The van der Waals surface area contributed by atoms with E-state index in [0.29, 0.717) is 5.78 Å². The molecular weight excluding hydrogens is 320 g/mol. The van der Waals surface area contributed by atoms with Gasteiger partial charge in [-0.15, -0.1) is 11.3 Å². The number of carbonyl (C=O) groups is 1. The molecule has 0 aliphatic heterocycles. The van der Waals surface area contributed by atoms with Gasteiger partial charge >= 0.3 is 0 Å². The summed E-state index contributed by atoms with van der Waals surface area (Å²) in [6.45, 7) is 4.32. The third-order valence-electron chi connectivity index (χ3n) is 4.22. The van der Waals surface area contributed by atoms with E-state index in [2.05, 4.69) is 35.8 Å². The normalized spacial score (nSPS) is 23.5. The van der Waals surface area contributed by atoms with Gasteiger partial charge in [-0.3, -0.25) is 4.79 Å². The fourth-order valence-corrected chi connectivity index (χ4v) is 4.90. The molecule has 1 heterocycles. The molecule has 0 unspecified atom stereocenters. The minimum Gasteiger partial charge on any atom is -0.293 e. The van der Waals surface area contributed by atoms with E-state index in [9.17, 15) is 4.79 Å². The third-order valence-corrected chi connectivity index (χ3v) is 6.17. The molecule has 0 radical (unpaired) electrons. The molecule has 1 saturated carbocycles. The van der Waals surface area contributed by atoms with Crippen molar-refractivity contribution >= 4 is 33.0 Å². The first-order valence-corrected chi connectivity index (χ1v) is 9.03. The lowest BCUT2D eigenvalue weighted by Gasteiger charge is -2.27. The zero-order valence-corrected chi connectivity index (χ0v) is 14.3. The quantitative estimate of drug-likeness (QED) is 0.599. The van der Waals surface area contributed by atoms with Gasteiger partial charge in [-0.1, -0.05) is 26.2 Å². The van der Waals surface area contributed by atoms with Crippen LogP contribution in [0.15, 0.2) is 10.5 Å². The number of carbonyl (C=O) groups excluding carboxylic acids is 1. The summed E-state index contributed by atoms with van der Waals surface area (Å²) in [6.07, 6.45) is 8.68. The van der Waals surface area contributed by atoms with Gasteiger partial charge in [0.1, 0.15) is 0 Å². The van der Waals surface area contributed by atoms with E-state index in [1.54, 1.807) is 11.3 Å². The van der Waals surface area contributed by atoms with Crippen LogP contribution in [0.25, 0.3) is 0 Å². The van der Waals surface area contributed by atoms with Gasteiger partial charge in [-0.25, -0.2) is 0 Å². The molecule has 1 aromatic heterocycles. The van der Waals surface area contributed by atoms with E-state index in [1.807, 2.05) is 0 Å². The molecule has 0 aromatic carbocycles. The van der Waals surface area contributed by atoms with Gasteiger partial charge in [-0.2, -0.15) is 0 Å². The van der Waals surface area contributed by atoms with Crippen LogP contribution in [0.4, 0.5) is 0 Å². The van der Waals surface area contributed by atoms with E-state index >= 15 is 0 Å². The second-order valence-electron chi connectivity index (χ2n) is 5.76. The third kappa shape index (κ3) is 3.91. The highest BCUT2D eigenvalue weighted by Gasteiger charge is 2.28. The van der Waals surface area contributed by atoms with Crippen LogP contribution in [0, 0.1) is 18.8 Å². The zero-order chi connectivity index (χ0) is 13.8. The van der Waals surface area contributed by atoms with Crippen molar-refractivity contribution in [2.45, 2.75) is 58.8 Å². The van der Waals surface area contributed by atoms with Crippen LogP contribution in [-0.4, -0.2) is 5.78 Å². The molecule has 3 heteroatoms. The van der Waals surface area contributed by atoms with Gasteiger partial charge in [0.25, 0.3) is 0 Å². The van der Waals surface area contributed by atoms with Gasteiger partial charge in [-0.05, 0) is 60.5 Å². The van der Waals surface area contributed by atoms with Crippen molar-refractivity contribution in [3.05, 3.63) is 20.3 Å². The molecule has 0 spiro atoms. The van der Waals surface area contributed by atoms with E-state index in [1.165, 1.54) is 37.0 Å². The Morgan fingerprint density at radius 3 is 2.58 bits per heavy atom. The first kappa shape index (κ1) is 15.2. The molecule has 19 heavy (non-hydrogen) atoms. The first-order valence-electron chi connectivity index (χ1n) is 7.42. The Morgan fingerprint density at radius 1 is 1.37 bits per heavy atom. The summed E-state index contributed by atoms with van der Waals surface area (Å²) in [5.41, 5.74) is 0. The fraction of sp³-hybridized carbons (Fsp3) is 0.688. The smallest absolute Gasteiger partial charge is 0.177 e. The number of hydrogen-bond donors (Lipinski definition) is 0. The van der Waals surface area contributed by atoms with Crippen molar-refractivity contribution in [3.63, 3.8) is 0 Å². The number of unbranched alkanes of at least 4 members (excludes halogenated alkanes) is 1. The van der Waals surface area contributed by atoms with E-state index in [4.69, 9.17) is 0 Å². The maximum atomic E-state index is 12.5. The zero-order valence-electron chi connectivity index (χ0n) is 11.9. The lowest BCUT2D eigenvalue weighted by molar-refractivity contribution is 0.0873. The van der Waals surface area contributed by atoms with Crippen LogP contribution in [-0.2, 0) is 0 Å². The van der Waals surface area contributed by atoms with Crippen molar-refractivity contribution < 1.29 is 4.79 Å². The summed E-state index contributed by atoms with van der Waals surface area (Å²) in [4.78, 5) is 14.7. The maximum absolute atomic E-state index is 12.5. The molecular formula is C16H23BrOS. The Morgan fingerprint density at radius 2 is 2.05 bits per heavy atom. The van der Waals surface area contributed by atoms with Gasteiger partial charge in [0.05, 0.1) is 4.88 Å². The molecule has 0 bridgehead atoms. The van der Waals surface area contributed by atoms with Crippen LogP contribution in [0.3, 0.4) is 0 Å². The first-order chi connectivity index (χ1) is 9.11. The summed E-state index contributed by atoms with van der Waals surface area (Å²) in [5, 5.41) is 0. The van der Waals surface area contributed by atoms with E-state index in [0.717, 1.165) is 28.1 Å². The summed E-state index contributed by atoms with van der Waals surface area (Å²) in [6, 6.07) is 2.06. The monoisotopic (exact) mass is 342 g/mol. The molecule has 0 amide bonds. The number of thiophene rings is 1. The summed E-state index contributed by atoms with van der Waals surface area (Å²) < 4.78 is 0.994. The summed E-state index contributed by atoms with van der Waals surface area (Å²) in [7, 11) is 0. The highest BCUT2D eigenvalue weighted by atomic mass is 79.9. The number of aryl methyl sites for hydroxylation is 1. The predicted octanol–water partition coefficient (Wildman–Crippen LogP) is 6.00. The van der Waals surface area contributed by atoms with Crippen molar-refractivity contribution in [2.75, 3.05) is 0 Å². The van der Waals surface area contributed by atoms with Crippen molar-refractivity contribution in [1.82, 2.24) is 0 Å².